The van der Waals surface area contributed by atoms with Gasteiger partial charge in [-0.15, -0.1) is 12.4 Å². The van der Waals surface area contributed by atoms with Crippen LogP contribution in [0.3, 0.4) is 0 Å². The van der Waals surface area contributed by atoms with Gasteiger partial charge in [0.15, 0.2) is 0 Å². The summed E-state index contributed by atoms with van der Waals surface area (Å²) < 4.78 is 0. The minimum atomic E-state index is -0.0204. The average molecular weight is 243 g/mol. The van der Waals surface area contributed by atoms with Crippen LogP contribution in [0.15, 0.2) is 24.3 Å². The van der Waals surface area contributed by atoms with E-state index < -0.39 is 0 Å². The molecule has 1 amide bonds. The summed E-state index contributed by atoms with van der Waals surface area (Å²) in [5.41, 5.74) is 7.20. The van der Waals surface area contributed by atoms with E-state index in [1.165, 1.54) is 0 Å². The van der Waals surface area contributed by atoms with Crippen molar-refractivity contribution < 1.29 is 4.79 Å². The highest BCUT2D eigenvalue weighted by molar-refractivity contribution is 5.94. The van der Waals surface area contributed by atoms with Crippen molar-refractivity contribution in [3.8, 4) is 0 Å². The second kappa shape index (κ2) is 7.25. The van der Waals surface area contributed by atoms with E-state index in [0.29, 0.717) is 12.1 Å². The Kier molecular flexibility index (Phi) is 6.77. The highest BCUT2D eigenvalue weighted by Gasteiger charge is 2.07. The van der Waals surface area contributed by atoms with E-state index in [1.807, 2.05) is 26.0 Å². The molecule has 0 bridgehead atoms. The summed E-state index contributed by atoms with van der Waals surface area (Å²) in [5, 5.41) is 2.91. The molecule has 3 nitrogen and oxygen atoms in total. The lowest BCUT2D eigenvalue weighted by atomic mass is 10.1. The molecule has 0 spiro atoms. The first-order valence-corrected chi connectivity index (χ1v) is 5.27. The molecule has 3 N–H and O–H groups in total. The van der Waals surface area contributed by atoms with E-state index in [4.69, 9.17) is 5.73 Å². The van der Waals surface area contributed by atoms with Crippen LogP contribution in [-0.4, -0.2) is 11.9 Å². The molecule has 90 valence electrons. The highest BCUT2D eigenvalue weighted by Crippen LogP contribution is 2.04. The van der Waals surface area contributed by atoms with E-state index in [0.717, 1.165) is 12.0 Å². The Morgan fingerprint density at radius 1 is 1.38 bits per heavy atom. The number of nitrogens with one attached hydrogen (secondary N) is 1. The van der Waals surface area contributed by atoms with E-state index in [1.54, 1.807) is 12.1 Å². The smallest absolute Gasteiger partial charge is 0.251 e. The molecule has 0 saturated heterocycles. The maximum atomic E-state index is 11.7. The molecule has 1 aromatic carbocycles. The summed E-state index contributed by atoms with van der Waals surface area (Å²) in [6.45, 7) is 4.54. The summed E-state index contributed by atoms with van der Waals surface area (Å²) in [5.74, 6) is -0.0204. The second-order valence-corrected chi connectivity index (χ2v) is 3.68. The minimum absolute atomic E-state index is 0. The molecule has 0 saturated carbocycles. The van der Waals surface area contributed by atoms with Crippen LogP contribution >= 0.6 is 12.4 Å². The molecular formula is C12H19ClN2O. The monoisotopic (exact) mass is 242 g/mol. The van der Waals surface area contributed by atoms with Crippen LogP contribution in [0.25, 0.3) is 0 Å². The fourth-order valence-corrected chi connectivity index (χ4v) is 1.20. The van der Waals surface area contributed by atoms with Crippen molar-refractivity contribution in [1.29, 1.82) is 0 Å². The third-order valence-corrected chi connectivity index (χ3v) is 2.44. The van der Waals surface area contributed by atoms with Gasteiger partial charge in [0.1, 0.15) is 0 Å². The Balaban J connectivity index is 0.00000225. The Morgan fingerprint density at radius 2 is 1.94 bits per heavy atom. The molecule has 1 atom stereocenters. The van der Waals surface area contributed by atoms with Gasteiger partial charge in [-0.1, -0.05) is 19.1 Å². The first-order chi connectivity index (χ1) is 7.17. The highest BCUT2D eigenvalue weighted by atomic mass is 35.5. The van der Waals surface area contributed by atoms with Gasteiger partial charge in [-0.3, -0.25) is 4.79 Å². The maximum Gasteiger partial charge on any atom is 0.251 e. The number of amides is 1. The number of nitrogens with two attached hydrogens (primary N) is 1. The van der Waals surface area contributed by atoms with E-state index in [9.17, 15) is 4.79 Å². The van der Waals surface area contributed by atoms with Gasteiger partial charge >= 0.3 is 0 Å². The summed E-state index contributed by atoms with van der Waals surface area (Å²) in [6.07, 6.45) is 0.937. The number of carbonyl (C=O) groups excluding carboxylic acids is 1. The van der Waals surface area contributed by atoms with Crippen LogP contribution < -0.4 is 11.1 Å². The predicted octanol–water partition coefficient (Wildman–Crippen LogP) is 2.10. The molecule has 1 unspecified atom stereocenters. The van der Waals surface area contributed by atoms with Crippen LogP contribution in [0.4, 0.5) is 0 Å². The number of benzene rings is 1. The molecule has 0 radical (unpaired) electrons. The standard InChI is InChI=1S/C12H18N2O.ClH/c1-3-9(2)14-12(15)11-6-4-10(8-13)5-7-11;/h4-7,9H,3,8,13H2,1-2H3,(H,14,15);1H. The van der Waals surface area contributed by atoms with Crippen molar-refractivity contribution >= 4 is 18.3 Å². The summed E-state index contributed by atoms with van der Waals surface area (Å²) >= 11 is 0. The summed E-state index contributed by atoms with van der Waals surface area (Å²) in [4.78, 5) is 11.7. The van der Waals surface area contributed by atoms with Gasteiger partial charge in [-0.05, 0) is 31.0 Å². The van der Waals surface area contributed by atoms with Crippen molar-refractivity contribution in [2.24, 2.45) is 5.73 Å². The molecule has 16 heavy (non-hydrogen) atoms. The fraction of sp³-hybridized carbons (Fsp3) is 0.417. The number of halogens is 1. The lowest BCUT2D eigenvalue weighted by Gasteiger charge is -2.11. The molecule has 4 heteroatoms. The largest absolute Gasteiger partial charge is 0.350 e. The topological polar surface area (TPSA) is 55.1 Å². The maximum absolute atomic E-state index is 11.7. The molecule has 0 aliphatic rings. The average Bonchev–Trinajstić information content (AvgIpc) is 2.29. The van der Waals surface area contributed by atoms with E-state index in [-0.39, 0.29) is 24.4 Å². The van der Waals surface area contributed by atoms with Crippen LogP contribution in [0.1, 0.15) is 36.2 Å². The number of rotatable bonds is 4. The first-order valence-electron chi connectivity index (χ1n) is 5.27. The van der Waals surface area contributed by atoms with Crippen LogP contribution in [0.5, 0.6) is 0 Å². The van der Waals surface area contributed by atoms with Gasteiger partial charge in [0.2, 0.25) is 0 Å². The summed E-state index contributed by atoms with van der Waals surface area (Å²) in [7, 11) is 0. The molecular weight excluding hydrogens is 224 g/mol. The van der Waals surface area contributed by atoms with E-state index in [2.05, 4.69) is 5.32 Å². The van der Waals surface area contributed by atoms with Crippen molar-refractivity contribution in [3.05, 3.63) is 35.4 Å². The molecule has 0 aliphatic carbocycles. The van der Waals surface area contributed by atoms with Crippen LogP contribution in [0, 0.1) is 0 Å². The lowest BCUT2D eigenvalue weighted by Crippen LogP contribution is -2.31. The Morgan fingerprint density at radius 3 is 2.38 bits per heavy atom. The predicted molar refractivity (Wildman–Crippen MR) is 68.8 cm³/mol. The van der Waals surface area contributed by atoms with Crippen LogP contribution in [0.2, 0.25) is 0 Å². The molecule has 0 aliphatic heterocycles. The Bertz CT molecular complexity index is 324. The van der Waals surface area contributed by atoms with Crippen molar-refractivity contribution in [2.75, 3.05) is 0 Å². The Hall–Kier alpha value is -1.06. The second-order valence-electron chi connectivity index (χ2n) is 3.68. The third-order valence-electron chi connectivity index (χ3n) is 2.44. The Labute approximate surface area is 103 Å². The van der Waals surface area contributed by atoms with Crippen molar-refractivity contribution in [2.45, 2.75) is 32.9 Å². The third kappa shape index (κ3) is 4.21. The number of carbonyl (C=O) groups is 1. The molecule has 0 aromatic heterocycles. The zero-order chi connectivity index (χ0) is 11.3. The number of hydrogen-bond acceptors (Lipinski definition) is 2. The van der Waals surface area contributed by atoms with Gasteiger partial charge < -0.3 is 11.1 Å². The van der Waals surface area contributed by atoms with Gasteiger partial charge in [0.25, 0.3) is 5.91 Å². The fourth-order valence-electron chi connectivity index (χ4n) is 1.20. The van der Waals surface area contributed by atoms with Gasteiger partial charge in [0.05, 0.1) is 0 Å². The van der Waals surface area contributed by atoms with Crippen molar-refractivity contribution in [1.82, 2.24) is 5.32 Å². The SMILES string of the molecule is CCC(C)NC(=O)c1ccc(CN)cc1.Cl. The summed E-state index contributed by atoms with van der Waals surface area (Å²) in [6, 6.07) is 7.59. The van der Waals surface area contributed by atoms with Gasteiger partial charge in [-0.2, -0.15) is 0 Å². The lowest BCUT2D eigenvalue weighted by molar-refractivity contribution is 0.0939. The zero-order valence-corrected chi connectivity index (χ0v) is 10.5. The normalized spacial score (nSPS) is 11.4. The molecule has 0 heterocycles. The molecule has 0 fully saturated rings. The first kappa shape index (κ1) is 14.9. The van der Waals surface area contributed by atoms with Crippen LogP contribution in [-0.2, 0) is 6.54 Å². The zero-order valence-electron chi connectivity index (χ0n) is 9.69. The van der Waals surface area contributed by atoms with Gasteiger partial charge in [0, 0.05) is 18.2 Å². The minimum Gasteiger partial charge on any atom is -0.350 e. The quantitative estimate of drug-likeness (QED) is 0.850. The number of hydrogen-bond donors (Lipinski definition) is 2. The molecule has 1 aromatic rings. The molecule has 1 rings (SSSR count). The van der Waals surface area contributed by atoms with Gasteiger partial charge in [-0.25, -0.2) is 0 Å². The van der Waals surface area contributed by atoms with Crippen molar-refractivity contribution in [3.63, 3.8) is 0 Å². The van der Waals surface area contributed by atoms with E-state index >= 15 is 0 Å².